The van der Waals surface area contributed by atoms with E-state index >= 15 is 0 Å². The molecule has 0 bridgehead atoms. The number of carbonyl (C=O) groups is 3. The number of hydrogen-bond donors (Lipinski definition) is 0. The van der Waals surface area contributed by atoms with Crippen LogP contribution in [0.25, 0.3) is 0 Å². The monoisotopic (exact) mass is 418 g/mol. The normalized spacial score (nSPS) is 25.8. The van der Waals surface area contributed by atoms with Crippen molar-refractivity contribution in [3.8, 4) is 0 Å². The summed E-state index contributed by atoms with van der Waals surface area (Å²) in [5.74, 6) is -1.53. The molecule has 3 saturated heterocycles. The van der Waals surface area contributed by atoms with Crippen LogP contribution in [-0.2, 0) is 42.8 Å². The van der Waals surface area contributed by atoms with Crippen LogP contribution in [0.2, 0.25) is 0 Å². The lowest BCUT2D eigenvalue weighted by Crippen LogP contribution is -2.39. The van der Waals surface area contributed by atoms with E-state index in [0.717, 1.165) is 52.1 Å². The van der Waals surface area contributed by atoms with Crippen LogP contribution in [0.1, 0.15) is 52.4 Å². The molecule has 0 aromatic carbocycles. The molecule has 3 rings (SSSR count). The van der Waals surface area contributed by atoms with Gasteiger partial charge in [0.2, 0.25) is 0 Å². The lowest BCUT2D eigenvalue weighted by atomic mass is 9.99. The summed E-state index contributed by atoms with van der Waals surface area (Å²) in [7, 11) is 1.74. The molecule has 2 unspecified atom stereocenters. The topological polar surface area (TPSA) is 107 Å². The number of rotatable bonds is 5. The molecule has 0 radical (unpaired) electrons. The minimum absolute atomic E-state index is 0.274. The van der Waals surface area contributed by atoms with Gasteiger partial charge in [0.05, 0.1) is 19.3 Å². The fourth-order valence-electron chi connectivity index (χ4n) is 2.97. The lowest BCUT2D eigenvalue weighted by Gasteiger charge is -2.28. The lowest BCUT2D eigenvalue weighted by molar-refractivity contribution is -0.231. The molecule has 3 heterocycles. The maximum atomic E-state index is 10.6. The molecule has 2 atom stereocenters. The molecule has 0 amide bonds. The number of methoxy groups -OCH3 is 1. The molecule has 0 spiro atoms. The standard InChI is InChI=1S/C8H14O3.C6H8O4.C6H12O2/c9-7-11-5-3-8-2-1-4-10-6-8;1-6(2)9-4(7)3-5(8)10-6;1-7-6-3-2-4-8-5-6/h7-8H,1-6H2;3H2,1-2H3;6H,2-5H2,1H3. The second kappa shape index (κ2) is 14.3. The van der Waals surface area contributed by atoms with Gasteiger partial charge in [0, 0.05) is 40.8 Å². The summed E-state index contributed by atoms with van der Waals surface area (Å²) in [5.41, 5.74) is 0. The van der Waals surface area contributed by atoms with Gasteiger partial charge in [-0.3, -0.25) is 14.4 Å². The molecular weight excluding hydrogens is 384 g/mol. The van der Waals surface area contributed by atoms with Crippen molar-refractivity contribution in [1.82, 2.24) is 0 Å². The van der Waals surface area contributed by atoms with E-state index in [4.69, 9.17) is 14.2 Å². The molecule has 3 fully saturated rings. The Morgan fingerprint density at radius 3 is 2.07 bits per heavy atom. The van der Waals surface area contributed by atoms with Gasteiger partial charge in [-0.15, -0.1) is 0 Å². The highest BCUT2D eigenvalue weighted by atomic mass is 16.7. The average Bonchev–Trinajstić information content (AvgIpc) is 2.69. The van der Waals surface area contributed by atoms with Crippen LogP contribution in [-0.4, -0.2) is 70.4 Å². The van der Waals surface area contributed by atoms with Crippen molar-refractivity contribution in [3.05, 3.63) is 0 Å². The van der Waals surface area contributed by atoms with Gasteiger partial charge in [-0.05, 0) is 38.0 Å². The second-order valence-corrected chi connectivity index (χ2v) is 7.44. The third-order valence-electron chi connectivity index (χ3n) is 4.43. The summed E-state index contributed by atoms with van der Waals surface area (Å²) in [6, 6.07) is 0. The number of hydrogen-bond acceptors (Lipinski definition) is 9. The quantitative estimate of drug-likeness (QED) is 0.287. The van der Waals surface area contributed by atoms with Crippen molar-refractivity contribution in [2.75, 3.05) is 40.1 Å². The zero-order valence-electron chi connectivity index (χ0n) is 17.7. The smallest absolute Gasteiger partial charge is 0.320 e. The molecule has 3 aliphatic heterocycles. The first-order chi connectivity index (χ1) is 13.9. The van der Waals surface area contributed by atoms with Crippen LogP contribution in [0.3, 0.4) is 0 Å². The summed E-state index contributed by atoms with van der Waals surface area (Å²) in [6.07, 6.45) is 5.70. The van der Waals surface area contributed by atoms with Gasteiger partial charge in [-0.2, -0.15) is 0 Å². The Morgan fingerprint density at radius 2 is 1.66 bits per heavy atom. The van der Waals surface area contributed by atoms with Crippen molar-refractivity contribution in [3.63, 3.8) is 0 Å². The van der Waals surface area contributed by atoms with E-state index in [1.54, 1.807) is 7.11 Å². The first-order valence-electron chi connectivity index (χ1n) is 10.0. The van der Waals surface area contributed by atoms with Crippen molar-refractivity contribution < 1.29 is 42.8 Å². The van der Waals surface area contributed by atoms with E-state index in [2.05, 4.69) is 14.2 Å². The Labute approximate surface area is 172 Å². The summed E-state index contributed by atoms with van der Waals surface area (Å²) in [5, 5.41) is 0. The van der Waals surface area contributed by atoms with Gasteiger partial charge in [0.25, 0.3) is 12.3 Å². The predicted molar refractivity (Wildman–Crippen MR) is 102 cm³/mol. The number of carbonyl (C=O) groups excluding carboxylic acids is 3. The third kappa shape index (κ3) is 12.5. The SMILES string of the molecule is CC1(C)OC(=O)CC(=O)O1.COC1CCCOC1.O=COCCC1CCCOC1. The Kier molecular flexibility index (Phi) is 12.5. The summed E-state index contributed by atoms with van der Waals surface area (Å²) < 4.78 is 29.4. The Morgan fingerprint density at radius 1 is 1.03 bits per heavy atom. The van der Waals surface area contributed by atoms with Crippen LogP contribution < -0.4 is 0 Å². The van der Waals surface area contributed by atoms with Gasteiger partial charge in [-0.25, -0.2) is 0 Å². The predicted octanol–water partition coefficient (Wildman–Crippen LogP) is 2.00. The molecule has 0 N–H and O–H groups in total. The highest BCUT2D eigenvalue weighted by Gasteiger charge is 2.34. The van der Waals surface area contributed by atoms with E-state index in [0.29, 0.717) is 25.1 Å². The number of esters is 2. The van der Waals surface area contributed by atoms with E-state index < -0.39 is 17.7 Å². The fraction of sp³-hybridized carbons (Fsp3) is 0.850. The minimum atomic E-state index is -1.08. The highest BCUT2D eigenvalue weighted by Crippen LogP contribution is 2.18. The summed E-state index contributed by atoms with van der Waals surface area (Å²) in [4.78, 5) is 30.9. The van der Waals surface area contributed by atoms with Crippen molar-refractivity contribution in [2.45, 2.75) is 64.3 Å². The number of cyclic esters (lactones) is 2. The fourth-order valence-corrected chi connectivity index (χ4v) is 2.97. The summed E-state index contributed by atoms with van der Waals surface area (Å²) in [6.45, 7) is 7.51. The van der Waals surface area contributed by atoms with E-state index in [1.165, 1.54) is 20.3 Å². The molecule has 168 valence electrons. The van der Waals surface area contributed by atoms with Gasteiger partial charge in [0.1, 0.15) is 6.42 Å². The first kappa shape index (κ1) is 25.3. The molecule has 0 aliphatic carbocycles. The molecule has 0 saturated carbocycles. The van der Waals surface area contributed by atoms with Crippen LogP contribution in [0.15, 0.2) is 0 Å². The number of ether oxygens (including phenoxy) is 6. The van der Waals surface area contributed by atoms with Crippen molar-refractivity contribution in [1.29, 1.82) is 0 Å². The Bertz CT molecular complexity index is 462. The largest absolute Gasteiger partial charge is 0.468 e. The molecular formula is C20H34O9. The van der Waals surface area contributed by atoms with Gasteiger partial charge >= 0.3 is 11.9 Å². The first-order valence-corrected chi connectivity index (χ1v) is 10.0. The van der Waals surface area contributed by atoms with Crippen molar-refractivity contribution >= 4 is 18.4 Å². The maximum absolute atomic E-state index is 10.6. The van der Waals surface area contributed by atoms with E-state index in [9.17, 15) is 14.4 Å². The molecule has 9 heteroatoms. The van der Waals surface area contributed by atoms with Gasteiger partial charge in [-0.1, -0.05) is 0 Å². The van der Waals surface area contributed by atoms with Crippen LogP contribution in [0, 0.1) is 5.92 Å². The summed E-state index contributed by atoms with van der Waals surface area (Å²) >= 11 is 0. The van der Waals surface area contributed by atoms with Crippen LogP contribution in [0.4, 0.5) is 0 Å². The van der Waals surface area contributed by atoms with E-state index in [-0.39, 0.29) is 6.42 Å². The molecule has 0 aromatic heterocycles. The highest BCUT2D eigenvalue weighted by molar-refractivity contribution is 5.92. The third-order valence-corrected chi connectivity index (χ3v) is 4.43. The average molecular weight is 418 g/mol. The van der Waals surface area contributed by atoms with Crippen LogP contribution >= 0.6 is 0 Å². The second-order valence-electron chi connectivity index (χ2n) is 7.44. The Hall–Kier alpha value is -1.71. The van der Waals surface area contributed by atoms with Gasteiger partial charge < -0.3 is 28.4 Å². The zero-order valence-corrected chi connectivity index (χ0v) is 17.7. The molecule has 9 nitrogen and oxygen atoms in total. The Balaban J connectivity index is 0.000000220. The molecule has 3 aliphatic rings. The molecule has 29 heavy (non-hydrogen) atoms. The maximum Gasteiger partial charge on any atom is 0.320 e. The molecule has 0 aromatic rings. The van der Waals surface area contributed by atoms with Crippen LogP contribution in [0.5, 0.6) is 0 Å². The van der Waals surface area contributed by atoms with Crippen molar-refractivity contribution in [2.24, 2.45) is 5.92 Å². The van der Waals surface area contributed by atoms with Gasteiger partial charge in [0.15, 0.2) is 0 Å². The zero-order chi connectivity index (χ0) is 21.5. The van der Waals surface area contributed by atoms with E-state index in [1.807, 2.05) is 0 Å². The minimum Gasteiger partial charge on any atom is -0.468 e.